The minimum atomic E-state index is 0.594. The van der Waals surface area contributed by atoms with Crippen molar-refractivity contribution in [2.45, 2.75) is 31.8 Å². The molecule has 0 saturated heterocycles. The standard InChI is InChI=1S/C18H20N4O/c19-11-14-3-1-2-4-18(14)23-10-9-21-8-7-17-16(12-21)20-13-22(17)15-5-6-15/h1-4,13,15H,5-10,12H2. The zero-order valence-electron chi connectivity index (χ0n) is 13.1. The van der Waals surface area contributed by atoms with Gasteiger partial charge in [0.2, 0.25) is 0 Å². The molecule has 0 atom stereocenters. The highest BCUT2D eigenvalue weighted by Gasteiger charge is 2.29. The van der Waals surface area contributed by atoms with Crippen LogP contribution < -0.4 is 4.74 Å². The molecule has 4 rings (SSSR count). The van der Waals surface area contributed by atoms with Gasteiger partial charge < -0.3 is 9.30 Å². The molecule has 1 aliphatic heterocycles. The van der Waals surface area contributed by atoms with Crippen LogP contribution in [0.5, 0.6) is 5.75 Å². The molecule has 1 aromatic carbocycles. The Morgan fingerprint density at radius 1 is 1.30 bits per heavy atom. The van der Waals surface area contributed by atoms with Gasteiger partial charge in [0.1, 0.15) is 18.4 Å². The topological polar surface area (TPSA) is 54.1 Å². The molecule has 0 radical (unpaired) electrons. The molecule has 23 heavy (non-hydrogen) atoms. The van der Waals surface area contributed by atoms with Gasteiger partial charge in [-0.05, 0) is 25.0 Å². The average Bonchev–Trinajstić information content (AvgIpc) is 3.35. The van der Waals surface area contributed by atoms with Crippen molar-refractivity contribution in [1.29, 1.82) is 5.26 Å². The first-order valence-corrected chi connectivity index (χ1v) is 8.24. The average molecular weight is 308 g/mol. The Morgan fingerprint density at radius 2 is 2.17 bits per heavy atom. The molecule has 0 bridgehead atoms. The van der Waals surface area contributed by atoms with Crippen molar-refractivity contribution in [3.8, 4) is 11.8 Å². The lowest BCUT2D eigenvalue weighted by atomic mass is 10.1. The van der Waals surface area contributed by atoms with E-state index in [4.69, 9.17) is 10.00 Å². The highest BCUT2D eigenvalue weighted by molar-refractivity contribution is 5.42. The maximum atomic E-state index is 9.08. The molecule has 2 aromatic rings. The maximum absolute atomic E-state index is 9.08. The van der Waals surface area contributed by atoms with Crippen molar-refractivity contribution in [2.24, 2.45) is 0 Å². The van der Waals surface area contributed by atoms with Gasteiger partial charge in [0.25, 0.3) is 0 Å². The van der Waals surface area contributed by atoms with Crippen molar-refractivity contribution in [2.75, 3.05) is 19.7 Å². The predicted octanol–water partition coefficient (Wildman–Crippen LogP) is 2.53. The smallest absolute Gasteiger partial charge is 0.137 e. The SMILES string of the molecule is N#Cc1ccccc1OCCN1CCc2c(ncn2C2CC2)C1. The lowest BCUT2D eigenvalue weighted by Crippen LogP contribution is -2.34. The van der Waals surface area contributed by atoms with Crippen LogP contribution in [0.1, 0.15) is 35.8 Å². The van der Waals surface area contributed by atoms with Gasteiger partial charge in [-0.15, -0.1) is 0 Å². The molecule has 2 aliphatic rings. The Labute approximate surface area is 136 Å². The summed E-state index contributed by atoms with van der Waals surface area (Å²) in [4.78, 5) is 6.98. The number of hydrogen-bond donors (Lipinski definition) is 0. The monoisotopic (exact) mass is 308 g/mol. The van der Waals surface area contributed by atoms with Crippen molar-refractivity contribution < 1.29 is 4.74 Å². The molecule has 0 unspecified atom stereocenters. The molecule has 5 nitrogen and oxygen atoms in total. The quantitative estimate of drug-likeness (QED) is 0.852. The minimum Gasteiger partial charge on any atom is -0.491 e. The molecule has 0 spiro atoms. The van der Waals surface area contributed by atoms with Crippen LogP contribution in [0.2, 0.25) is 0 Å². The van der Waals surface area contributed by atoms with Crippen LogP contribution in [0.3, 0.4) is 0 Å². The minimum absolute atomic E-state index is 0.594. The number of nitriles is 1. The van der Waals surface area contributed by atoms with Crippen LogP contribution in [0.4, 0.5) is 0 Å². The maximum Gasteiger partial charge on any atom is 0.137 e. The van der Waals surface area contributed by atoms with E-state index in [1.54, 1.807) is 6.07 Å². The number of benzene rings is 1. The molecule has 0 amide bonds. The molecule has 118 valence electrons. The van der Waals surface area contributed by atoms with Gasteiger partial charge in [0.15, 0.2) is 0 Å². The highest BCUT2D eigenvalue weighted by Crippen LogP contribution is 2.37. The number of imidazole rings is 1. The van der Waals surface area contributed by atoms with Crippen molar-refractivity contribution in [3.63, 3.8) is 0 Å². The molecule has 0 N–H and O–H groups in total. The summed E-state index contributed by atoms with van der Waals surface area (Å²) >= 11 is 0. The van der Waals surface area contributed by atoms with E-state index in [1.165, 1.54) is 24.2 Å². The summed E-state index contributed by atoms with van der Waals surface area (Å²) in [5.74, 6) is 0.672. The van der Waals surface area contributed by atoms with Gasteiger partial charge in [-0.1, -0.05) is 12.1 Å². The van der Waals surface area contributed by atoms with E-state index in [-0.39, 0.29) is 0 Å². The lowest BCUT2D eigenvalue weighted by molar-refractivity contribution is 0.193. The molecule has 1 aliphatic carbocycles. The van der Waals surface area contributed by atoms with Crippen LogP contribution in [-0.2, 0) is 13.0 Å². The van der Waals surface area contributed by atoms with Crippen LogP contribution in [0.25, 0.3) is 0 Å². The van der Waals surface area contributed by atoms with E-state index in [0.29, 0.717) is 24.0 Å². The third kappa shape index (κ3) is 2.95. The third-order valence-corrected chi connectivity index (χ3v) is 4.63. The van der Waals surface area contributed by atoms with E-state index >= 15 is 0 Å². The Kier molecular flexibility index (Phi) is 3.76. The van der Waals surface area contributed by atoms with Crippen molar-refractivity contribution in [3.05, 3.63) is 47.5 Å². The number of hydrogen-bond acceptors (Lipinski definition) is 4. The first-order chi connectivity index (χ1) is 11.3. The zero-order chi connectivity index (χ0) is 15.6. The second-order valence-electron chi connectivity index (χ2n) is 6.26. The van der Waals surface area contributed by atoms with Crippen LogP contribution >= 0.6 is 0 Å². The van der Waals surface area contributed by atoms with Crippen LogP contribution in [0.15, 0.2) is 30.6 Å². The summed E-state index contributed by atoms with van der Waals surface area (Å²) in [7, 11) is 0. The number of nitrogens with zero attached hydrogens (tertiary/aromatic N) is 4. The molecule has 2 heterocycles. The van der Waals surface area contributed by atoms with Gasteiger partial charge in [0, 0.05) is 37.8 Å². The number of ether oxygens (including phenoxy) is 1. The Hall–Kier alpha value is -2.32. The fraction of sp³-hybridized carbons (Fsp3) is 0.444. The molecular weight excluding hydrogens is 288 g/mol. The van der Waals surface area contributed by atoms with Crippen LogP contribution in [-0.4, -0.2) is 34.1 Å². The van der Waals surface area contributed by atoms with Gasteiger partial charge in [-0.2, -0.15) is 5.26 Å². The molecule has 1 saturated carbocycles. The van der Waals surface area contributed by atoms with E-state index in [0.717, 1.165) is 26.1 Å². The zero-order valence-corrected chi connectivity index (χ0v) is 13.1. The lowest BCUT2D eigenvalue weighted by Gasteiger charge is -2.27. The van der Waals surface area contributed by atoms with Crippen LogP contribution in [0, 0.1) is 11.3 Å². The Balaban J connectivity index is 1.33. The highest BCUT2D eigenvalue weighted by atomic mass is 16.5. The van der Waals surface area contributed by atoms with Crippen molar-refractivity contribution >= 4 is 0 Å². The number of para-hydroxylation sites is 1. The number of rotatable bonds is 5. The van der Waals surface area contributed by atoms with E-state index in [2.05, 4.69) is 20.5 Å². The van der Waals surface area contributed by atoms with Gasteiger partial charge in [0.05, 0.1) is 17.6 Å². The number of fused-ring (bicyclic) bond motifs is 1. The Morgan fingerprint density at radius 3 is 3.00 bits per heavy atom. The molecule has 5 heteroatoms. The molecule has 1 aromatic heterocycles. The summed E-state index contributed by atoms with van der Waals surface area (Å²) in [5, 5.41) is 9.08. The second-order valence-corrected chi connectivity index (χ2v) is 6.26. The fourth-order valence-corrected chi connectivity index (χ4v) is 3.21. The second kappa shape index (κ2) is 6.05. The molecule has 1 fully saturated rings. The van der Waals surface area contributed by atoms with Gasteiger partial charge in [-0.25, -0.2) is 4.98 Å². The van der Waals surface area contributed by atoms with E-state index < -0.39 is 0 Å². The summed E-state index contributed by atoms with van der Waals surface area (Å²) in [6.07, 6.45) is 5.70. The summed E-state index contributed by atoms with van der Waals surface area (Å²) in [6, 6.07) is 10.3. The van der Waals surface area contributed by atoms with Gasteiger partial charge in [-0.3, -0.25) is 4.90 Å². The van der Waals surface area contributed by atoms with E-state index in [1.807, 2.05) is 24.5 Å². The summed E-state index contributed by atoms with van der Waals surface area (Å²) in [5.41, 5.74) is 3.25. The van der Waals surface area contributed by atoms with Gasteiger partial charge >= 0.3 is 0 Å². The third-order valence-electron chi connectivity index (χ3n) is 4.63. The molecular formula is C18H20N4O. The predicted molar refractivity (Wildman–Crippen MR) is 86.1 cm³/mol. The van der Waals surface area contributed by atoms with Crippen molar-refractivity contribution in [1.82, 2.24) is 14.5 Å². The number of aromatic nitrogens is 2. The summed E-state index contributed by atoms with van der Waals surface area (Å²) < 4.78 is 8.16. The first-order valence-electron chi connectivity index (χ1n) is 8.24. The normalized spacial score (nSPS) is 17.5. The largest absolute Gasteiger partial charge is 0.491 e. The van der Waals surface area contributed by atoms with E-state index in [9.17, 15) is 0 Å². The summed E-state index contributed by atoms with van der Waals surface area (Å²) in [6.45, 7) is 3.40. The Bertz CT molecular complexity index is 742. The fourth-order valence-electron chi connectivity index (χ4n) is 3.21. The first kappa shape index (κ1) is 14.3.